The van der Waals surface area contributed by atoms with Crippen LogP contribution in [0, 0.1) is 5.92 Å². The van der Waals surface area contributed by atoms with Gasteiger partial charge in [0.1, 0.15) is 0 Å². The molecule has 2 unspecified atom stereocenters. The van der Waals surface area contributed by atoms with Gasteiger partial charge in [0.05, 0.1) is 11.2 Å². The first-order valence-corrected chi connectivity index (χ1v) is 7.22. The lowest BCUT2D eigenvalue weighted by Crippen LogP contribution is -2.30. The first kappa shape index (κ1) is 15.0. The average Bonchev–Trinajstić information content (AvgIpc) is 2.75. The van der Waals surface area contributed by atoms with Crippen molar-refractivity contribution < 1.29 is 4.74 Å². The van der Waals surface area contributed by atoms with Crippen LogP contribution in [0.5, 0.6) is 0 Å². The Hall–Kier alpha value is -1.39. The third-order valence-electron chi connectivity index (χ3n) is 3.82. The lowest BCUT2D eigenvalue weighted by atomic mass is 9.98. The van der Waals surface area contributed by atoms with Crippen molar-refractivity contribution in [1.82, 2.24) is 15.1 Å². The van der Waals surface area contributed by atoms with E-state index >= 15 is 0 Å². The van der Waals surface area contributed by atoms with E-state index in [1.54, 1.807) is 7.11 Å². The third-order valence-corrected chi connectivity index (χ3v) is 3.82. The van der Waals surface area contributed by atoms with E-state index in [1.165, 1.54) is 16.6 Å². The van der Waals surface area contributed by atoms with Gasteiger partial charge in [-0.3, -0.25) is 4.68 Å². The van der Waals surface area contributed by atoms with Crippen LogP contribution in [0.4, 0.5) is 0 Å². The molecule has 2 rings (SSSR count). The molecule has 4 nitrogen and oxygen atoms in total. The standard InChI is InChI=1S/C16H25N3O/c1-12(11-20-4)9-13(17-2)10-15-14-7-5-6-8-16(14)19(3)18-15/h5-8,12-13,17H,9-11H2,1-4H3. The summed E-state index contributed by atoms with van der Waals surface area (Å²) in [6, 6.07) is 8.84. The predicted octanol–water partition coefficient (Wildman–Crippen LogP) is 2.38. The van der Waals surface area contributed by atoms with Crippen LogP contribution in [-0.4, -0.2) is 36.6 Å². The zero-order valence-corrected chi connectivity index (χ0v) is 12.9. The summed E-state index contributed by atoms with van der Waals surface area (Å²) in [6.07, 6.45) is 2.04. The minimum atomic E-state index is 0.429. The maximum Gasteiger partial charge on any atom is 0.0718 e. The number of fused-ring (bicyclic) bond motifs is 1. The van der Waals surface area contributed by atoms with Crippen LogP contribution in [0.25, 0.3) is 10.9 Å². The quantitative estimate of drug-likeness (QED) is 0.843. The maximum absolute atomic E-state index is 5.23. The molecular formula is C16H25N3O. The van der Waals surface area contributed by atoms with E-state index in [-0.39, 0.29) is 0 Å². The Morgan fingerprint density at radius 3 is 2.80 bits per heavy atom. The summed E-state index contributed by atoms with van der Waals surface area (Å²) in [7, 11) is 5.79. The number of para-hydroxylation sites is 1. The number of hydrogen-bond donors (Lipinski definition) is 1. The number of likely N-dealkylation sites (N-methyl/N-ethyl adjacent to an activating group) is 1. The Morgan fingerprint density at radius 1 is 1.35 bits per heavy atom. The second kappa shape index (κ2) is 6.86. The van der Waals surface area contributed by atoms with Gasteiger partial charge >= 0.3 is 0 Å². The van der Waals surface area contributed by atoms with E-state index in [4.69, 9.17) is 4.74 Å². The Morgan fingerprint density at radius 2 is 2.10 bits per heavy atom. The second-order valence-electron chi connectivity index (χ2n) is 5.57. The van der Waals surface area contributed by atoms with Gasteiger partial charge in [0.15, 0.2) is 0 Å². The molecule has 0 saturated heterocycles. The van der Waals surface area contributed by atoms with Gasteiger partial charge in [-0.15, -0.1) is 0 Å². The monoisotopic (exact) mass is 275 g/mol. The summed E-state index contributed by atoms with van der Waals surface area (Å²) in [5, 5.41) is 9.34. The average molecular weight is 275 g/mol. The van der Waals surface area contributed by atoms with Crippen molar-refractivity contribution in [3.05, 3.63) is 30.0 Å². The number of benzene rings is 1. The highest BCUT2D eigenvalue weighted by atomic mass is 16.5. The Labute approximate surface area is 121 Å². The van der Waals surface area contributed by atoms with Gasteiger partial charge in [0, 0.05) is 38.6 Å². The van der Waals surface area contributed by atoms with Crippen molar-refractivity contribution in [1.29, 1.82) is 0 Å². The first-order chi connectivity index (χ1) is 9.65. The molecule has 0 aliphatic carbocycles. The van der Waals surface area contributed by atoms with Crippen molar-refractivity contribution in [2.24, 2.45) is 13.0 Å². The van der Waals surface area contributed by atoms with Crippen molar-refractivity contribution >= 4 is 10.9 Å². The molecule has 20 heavy (non-hydrogen) atoms. The highest BCUT2D eigenvalue weighted by Gasteiger charge is 2.16. The molecule has 2 aromatic rings. The molecule has 1 heterocycles. The number of nitrogens with zero attached hydrogens (tertiary/aromatic N) is 2. The Kier molecular flexibility index (Phi) is 5.15. The number of aryl methyl sites for hydroxylation is 1. The number of ether oxygens (including phenoxy) is 1. The van der Waals surface area contributed by atoms with Crippen molar-refractivity contribution in [2.75, 3.05) is 20.8 Å². The highest BCUT2D eigenvalue weighted by molar-refractivity contribution is 5.81. The van der Waals surface area contributed by atoms with Gasteiger partial charge in [0.2, 0.25) is 0 Å². The molecule has 0 saturated carbocycles. The van der Waals surface area contributed by atoms with Gasteiger partial charge in [-0.2, -0.15) is 5.10 Å². The van der Waals surface area contributed by atoms with Crippen molar-refractivity contribution in [3.63, 3.8) is 0 Å². The van der Waals surface area contributed by atoms with Crippen LogP contribution in [0.1, 0.15) is 19.0 Å². The molecule has 4 heteroatoms. The number of aromatic nitrogens is 2. The number of rotatable bonds is 7. The lowest BCUT2D eigenvalue weighted by Gasteiger charge is -2.19. The maximum atomic E-state index is 5.23. The van der Waals surface area contributed by atoms with E-state index in [9.17, 15) is 0 Å². The third kappa shape index (κ3) is 3.38. The molecule has 0 spiro atoms. The van der Waals surface area contributed by atoms with Gasteiger partial charge in [-0.1, -0.05) is 25.1 Å². The van der Waals surface area contributed by atoms with E-state index in [0.29, 0.717) is 12.0 Å². The topological polar surface area (TPSA) is 39.1 Å². The fourth-order valence-corrected chi connectivity index (χ4v) is 2.81. The van der Waals surface area contributed by atoms with Crippen LogP contribution in [0.3, 0.4) is 0 Å². The summed E-state index contributed by atoms with van der Waals surface area (Å²) < 4.78 is 7.19. The smallest absolute Gasteiger partial charge is 0.0718 e. The van der Waals surface area contributed by atoms with Gasteiger partial charge < -0.3 is 10.1 Å². The molecular weight excluding hydrogens is 250 g/mol. The molecule has 1 aromatic heterocycles. The molecule has 0 amide bonds. The SMILES string of the molecule is CNC(Cc1nn(C)c2ccccc12)CC(C)COC. The van der Waals surface area contributed by atoms with E-state index in [2.05, 4.69) is 41.6 Å². The van der Waals surface area contributed by atoms with Crippen molar-refractivity contribution in [3.8, 4) is 0 Å². The fourth-order valence-electron chi connectivity index (χ4n) is 2.81. The normalized spacial score (nSPS) is 14.6. The van der Waals surface area contributed by atoms with Gasteiger partial charge in [-0.25, -0.2) is 0 Å². The Balaban J connectivity index is 2.13. The molecule has 110 valence electrons. The van der Waals surface area contributed by atoms with Crippen molar-refractivity contribution in [2.45, 2.75) is 25.8 Å². The number of nitrogens with one attached hydrogen (secondary N) is 1. The molecule has 0 fully saturated rings. The summed E-state index contributed by atoms with van der Waals surface area (Å²) in [4.78, 5) is 0. The number of hydrogen-bond acceptors (Lipinski definition) is 3. The molecule has 1 N–H and O–H groups in total. The first-order valence-electron chi connectivity index (χ1n) is 7.22. The van der Waals surface area contributed by atoms with E-state index < -0.39 is 0 Å². The molecule has 0 aliphatic heterocycles. The zero-order chi connectivity index (χ0) is 14.5. The van der Waals surface area contributed by atoms with Crippen LogP contribution in [0.15, 0.2) is 24.3 Å². The summed E-state index contributed by atoms with van der Waals surface area (Å²) in [6.45, 7) is 3.03. The number of methoxy groups -OCH3 is 1. The minimum absolute atomic E-state index is 0.429. The molecule has 0 aliphatic rings. The molecule has 2 atom stereocenters. The van der Waals surface area contributed by atoms with Crippen LogP contribution < -0.4 is 5.32 Å². The molecule has 0 radical (unpaired) electrons. The zero-order valence-electron chi connectivity index (χ0n) is 12.9. The second-order valence-corrected chi connectivity index (χ2v) is 5.57. The molecule has 1 aromatic carbocycles. The molecule has 0 bridgehead atoms. The van der Waals surface area contributed by atoms with Gasteiger partial charge in [0.25, 0.3) is 0 Å². The Bertz CT molecular complexity index is 550. The highest BCUT2D eigenvalue weighted by Crippen LogP contribution is 2.20. The van der Waals surface area contributed by atoms with Crippen LogP contribution in [-0.2, 0) is 18.2 Å². The predicted molar refractivity (Wildman–Crippen MR) is 82.9 cm³/mol. The largest absolute Gasteiger partial charge is 0.384 e. The fraction of sp³-hybridized carbons (Fsp3) is 0.562. The van der Waals surface area contributed by atoms with Crippen LogP contribution in [0.2, 0.25) is 0 Å². The van der Waals surface area contributed by atoms with E-state index in [1.807, 2.05) is 18.8 Å². The van der Waals surface area contributed by atoms with Gasteiger partial charge in [-0.05, 0) is 25.5 Å². The lowest BCUT2D eigenvalue weighted by molar-refractivity contribution is 0.150. The minimum Gasteiger partial charge on any atom is -0.384 e. The van der Waals surface area contributed by atoms with E-state index in [0.717, 1.165) is 19.4 Å². The summed E-state index contributed by atoms with van der Waals surface area (Å²) in [5.41, 5.74) is 2.37. The summed E-state index contributed by atoms with van der Waals surface area (Å²) in [5.74, 6) is 0.549. The summed E-state index contributed by atoms with van der Waals surface area (Å²) >= 11 is 0. The van der Waals surface area contributed by atoms with Crippen LogP contribution >= 0.6 is 0 Å².